The second-order valence-corrected chi connectivity index (χ2v) is 15.5. The molecule has 3 heterocycles. The van der Waals surface area contributed by atoms with E-state index in [9.17, 15) is 14.4 Å². The van der Waals surface area contributed by atoms with Crippen LogP contribution in [0.1, 0.15) is 95.4 Å². The molecule has 7 rings (SSSR count). The molecule has 1 saturated carbocycles. The van der Waals surface area contributed by atoms with Gasteiger partial charge in [0.2, 0.25) is 0 Å². The third-order valence-corrected chi connectivity index (χ3v) is 11.8. The Labute approximate surface area is 290 Å². The van der Waals surface area contributed by atoms with Crippen molar-refractivity contribution in [1.82, 2.24) is 25.4 Å². The molecule has 0 spiro atoms. The summed E-state index contributed by atoms with van der Waals surface area (Å²) in [5.74, 6) is 0.715. The van der Waals surface area contributed by atoms with E-state index in [4.69, 9.17) is 9.72 Å². The quantitative estimate of drug-likeness (QED) is 0.267. The van der Waals surface area contributed by atoms with Gasteiger partial charge in [-0.2, -0.15) is 0 Å². The number of carbonyl (C=O) groups is 3. The van der Waals surface area contributed by atoms with Gasteiger partial charge in [-0.1, -0.05) is 19.1 Å². The number of nitrogens with zero attached hydrogens (tertiary/aromatic N) is 3. The summed E-state index contributed by atoms with van der Waals surface area (Å²) in [5, 5.41) is 7.50. The Morgan fingerprint density at radius 1 is 1.00 bits per heavy atom. The van der Waals surface area contributed by atoms with E-state index in [0.29, 0.717) is 35.3 Å². The molecule has 2 aliphatic heterocycles. The lowest BCUT2D eigenvalue weighted by molar-refractivity contribution is -0.142. The number of esters is 1. The summed E-state index contributed by atoms with van der Waals surface area (Å²) in [6, 6.07) is 15.7. The van der Waals surface area contributed by atoms with E-state index in [1.807, 2.05) is 49.5 Å². The number of benzene rings is 2. The number of hydrogen-bond acceptors (Lipinski definition) is 7. The summed E-state index contributed by atoms with van der Waals surface area (Å²) in [6.45, 7) is 6.74. The number of rotatable bonds is 11. The van der Waals surface area contributed by atoms with Crippen LogP contribution in [0.3, 0.4) is 0 Å². The topological polar surface area (TPSA) is 104 Å². The van der Waals surface area contributed by atoms with E-state index in [2.05, 4.69) is 33.4 Å². The van der Waals surface area contributed by atoms with Crippen molar-refractivity contribution in [2.24, 2.45) is 17.3 Å². The summed E-state index contributed by atoms with van der Waals surface area (Å²) in [4.78, 5) is 48.5. The second kappa shape index (κ2) is 14.2. The van der Waals surface area contributed by atoms with Gasteiger partial charge in [-0.25, -0.2) is 0 Å². The highest BCUT2D eigenvalue weighted by molar-refractivity contribution is 5.98. The van der Waals surface area contributed by atoms with E-state index in [-0.39, 0.29) is 29.9 Å². The van der Waals surface area contributed by atoms with Gasteiger partial charge < -0.3 is 25.2 Å². The van der Waals surface area contributed by atoms with Crippen LogP contribution in [0.5, 0.6) is 0 Å². The number of amides is 2. The van der Waals surface area contributed by atoms with Crippen LogP contribution < -0.4 is 10.6 Å². The Morgan fingerprint density at radius 2 is 1.78 bits per heavy atom. The molecule has 3 aromatic rings. The zero-order valence-electron chi connectivity index (χ0n) is 29.3. The number of likely N-dealkylation sites (N-methyl/N-ethyl adjacent to an activating group) is 1. The number of carbonyl (C=O) groups excluding carboxylic acids is 3. The number of methoxy groups -OCH3 is 1. The fraction of sp³-hybridized carbons (Fsp3) is 0.550. The molecule has 9 heteroatoms. The first-order chi connectivity index (χ1) is 23.7. The zero-order chi connectivity index (χ0) is 34.1. The minimum absolute atomic E-state index is 0.0824. The first-order valence-corrected chi connectivity index (χ1v) is 18.3. The molecule has 4 aliphatic rings. The number of aromatic nitrogens is 1. The first kappa shape index (κ1) is 33.7. The smallest absolute Gasteiger partial charge is 0.305 e. The highest BCUT2D eigenvalue weighted by atomic mass is 16.5. The fourth-order valence-electron chi connectivity index (χ4n) is 8.24. The molecular weight excluding hydrogens is 614 g/mol. The highest BCUT2D eigenvalue weighted by Crippen LogP contribution is 2.55. The number of fused-ring (bicyclic) bond motifs is 2. The molecule has 0 bridgehead atoms. The Morgan fingerprint density at radius 3 is 2.51 bits per heavy atom. The average Bonchev–Trinajstić information content (AvgIpc) is 3.86. The predicted octanol–water partition coefficient (Wildman–Crippen LogP) is 5.32. The van der Waals surface area contributed by atoms with Gasteiger partial charge in [-0.15, -0.1) is 0 Å². The van der Waals surface area contributed by atoms with Crippen molar-refractivity contribution < 1.29 is 19.1 Å². The lowest BCUT2D eigenvalue weighted by atomic mass is 9.77. The van der Waals surface area contributed by atoms with Crippen molar-refractivity contribution in [2.75, 3.05) is 46.9 Å². The summed E-state index contributed by atoms with van der Waals surface area (Å²) in [6.07, 6.45) is 9.07. The maximum Gasteiger partial charge on any atom is 0.305 e. The molecule has 2 saturated heterocycles. The number of likely N-dealkylation sites (tertiary alicyclic amines) is 2. The SMILES string of the molecule is COC(=O)CC1CCN(CC[C@@H](NC(=O)c2ccc3nc4c(cc3c2)CC(C2(C)CC2)CC4)c2cccc(C(=O)NC3CN(C)C3)c2)CC1. The Balaban J connectivity index is 1.07. The molecule has 49 heavy (non-hydrogen) atoms. The monoisotopic (exact) mass is 665 g/mol. The zero-order valence-corrected chi connectivity index (χ0v) is 29.3. The van der Waals surface area contributed by atoms with Gasteiger partial charge in [0.05, 0.1) is 24.7 Å². The standard InChI is InChI=1S/C40H51N5O4/c1-40(14-15-40)32-8-10-35-31(23-32)22-30-21-29(7-9-34(30)42-35)39(48)43-36(13-18-45-16-11-26(12-17-45)19-37(46)49-3)27-5-4-6-28(20-27)38(47)41-33-24-44(2)25-33/h4-7,9,20-22,26,32-33,36H,8,10-19,23-25H2,1-3H3,(H,41,47)(H,43,48)/t32?,36-/m1/s1. The van der Waals surface area contributed by atoms with Crippen LogP contribution in [-0.2, 0) is 22.4 Å². The highest BCUT2D eigenvalue weighted by Gasteiger charge is 2.45. The number of hydrogen-bond donors (Lipinski definition) is 2. The maximum atomic E-state index is 13.9. The van der Waals surface area contributed by atoms with Gasteiger partial charge >= 0.3 is 5.97 Å². The van der Waals surface area contributed by atoms with Gasteiger partial charge in [0.15, 0.2) is 0 Å². The minimum atomic E-state index is -0.278. The molecule has 1 unspecified atom stereocenters. The fourth-order valence-corrected chi connectivity index (χ4v) is 8.24. The van der Waals surface area contributed by atoms with Gasteiger partial charge in [0, 0.05) is 48.3 Å². The summed E-state index contributed by atoms with van der Waals surface area (Å²) in [7, 11) is 3.49. The third kappa shape index (κ3) is 7.83. The maximum absolute atomic E-state index is 13.9. The molecule has 2 aromatic carbocycles. The van der Waals surface area contributed by atoms with Crippen LogP contribution in [0.2, 0.25) is 0 Å². The third-order valence-electron chi connectivity index (χ3n) is 11.8. The van der Waals surface area contributed by atoms with Crippen molar-refractivity contribution in [3.8, 4) is 0 Å². The molecule has 2 atom stereocenters. The van der Waals surface area contributed by atoms with Crippen LogP contribution in [0.25, 0.3) is 10.9 Å². The number of piperidine rings is 1. The van der Waals surface area contributed by atoms with Crippen LogP contribution in [0.4, 0.5) is 0 Å². The van der Waals surface area contributed by atoms with Gasteiger partial charge in [-0.3, -0.25) is 19.4 Å². The Kier molecular flexibility index (Phi) is 9.75. The van der Waals surface area contributed by atoms with Crippen LogP contribution in [0, 0.1) is 17.3 Å². The first-order valence-electron chi connectivity index (χ1n) is 18.3. The molecule has 9 nitrogen and oxygen atoms in total. The van der Waals surface area contributed by atoms with E-state index >= 15 is 0 Å². The van der Waals surface area contributed by atoms with E-state index < -0.39 is 0 Å². The predicted molar refractivity (Wildman–Crippen MR) is 190 cm³/mol. The van der Waals surface area contributed by atoms with Crippen molar-refractivity contribution in [3.63, 3.8) is 0 Å². The van der Waals surface area contributed by atoms with Gasteiger partial charge in [0.1, 0.15) is 0 Å². The number of pyridine rings is 1. The molecule has 260 valence electrons. The molecule has 2 amide bonds. The van der Waals surface area contributed by atoms with Gasteiger partial charge in [0.25, 0.3) is 11.8 Å². The lowest BCUT2D eigenvalue weighted by Crippen LogP contribution is -2.57. The van der Waals surface area contributed by atoms with E-state index in [1.165, 1.54) is 37.6 Å². The summed E-state index contributed by atoms with van der Waals surface area (Å²) < 4.78 is 4.88. The molecule has 2 N–H and O–H groups in total. The summed E-state index contributed by atoms with van der Waals surface area (Å²) in [5.41, 5.74) is 6.13. The molecular formula is C40H51N5O4. The number of aryl methyl sites for hydroxylation is 1. The molecule has 2 aliphatic carbocycles. The Hall–Kier alpha value is -3.82. The largest absolute Gasteiger partial charge is 0.469 e. The average molecular weight is 666 g/mol. The van der Waals surface area contributed by atoms with Crippen molar-refractivity contribution in [3.05, 3.63) is 76.5 Å². The minimum Gasteiger partial charge on any atom is -0.469 e. The van der Waals surface area contributed by atoms with E-state index in [1.54, 1.807) is 0 Å². The van der Waals surface area contributed by atoms with E-state index in [0.717, 1.165) is 80.8 Å². The lowest BCUT2D eigenvalue weighted by Gasteiger charge is -2.36. The van der Waals surface area contributed by atoms with Crippen molar-refractivity contribution in [1.29, 1.82) is 0 Å². The molecule has 1 aromatic heterocycles. The molecule has 0 radical (unpaired) electrons. The van der Waals surface area contributed by atoms with Crippen LogP contribution in [0.15, 0.2) is 48.5 Å². The Bertz CT molecular complexity index is 1710. The van der Waals surface area contributed by atoms with Crippen molar-refractivity contribution >= 4 is 28.7 Å². The second-order valence-electron chi connectivity index (χ2n) is 15.5. The molecule has 3 fully saturated rings. The number of nitrogens with one attached hydrogen (secondary N) is 2. The normalized spacial score (nSPS) is 21.7. The van der Waals surface area contributed by atoms with Crippen molar-refractivity contribution in [2.45, 2.75) is 76.8 Å². The van der Waals surface area contributed by atoms with Crippen LogP contribution in [-0.4, -0.2) is 85.5 Å². The van der Waals surface area contributed by atoms with Crippen LogP contribution >= 0.6 is 0 Å². The number of ether oxygens (including phenoxy) is 1. The van der Waals surface area contributed by atoms with Gasteiger partial charge in [-0.05, 0) is 136 Å². The summed E-state index contributed by atoms with van der Waals surface area (Å²) >= 11 is 0.